The van der Waals surface area contributed by atoms with E-state index in [2.05, 4.69) is 4.99 Å². The number of nitrogens with zero attached hydrogens (tertiary/aromatic N) is 1. The van der Waals surface area contributed by atoms with E-state index in [1.54, 1.807) is 12.1 Å². The van der Waals surface area contributed by atoms with Crippen LogP contribution in [0.5, 0.6) is 11.5 Å². The molecule has 0 saturated heterocycles. The summed E-state index contributed by atoms with van der Waals surface area (Å²) in [6.45, 7) is 0. The Morgan fingerprint density at radius 3 is 2.22 bits per heavy atom. The fourth-order valence-electron chi connectivity index (χ4n) is 1.39. The average molecular weight is 355 g/mol. The van der Waals surface area contributed by atoms with Gasteiger partial charge in [-0.25, -0.2) is 4.99 Å². The van der Waals surface area contributed by atoms with Crippen molar-refractivity contribution < 1.29 is 4.74 Å². The quantitative estimate of drug-likeness (QED) is 0.505. The van der Waals surface area contributed by atoms with Crippen LogP contribution in [0.1, 0.15) is 0 Å². The molecule has 0 saturated carbocycles. The molecule has 5 heteroatoms. The predicted molar refractivity (Wildman–Crippen MR) is 83.8 cm³/mol. The minimum absolute atomic E-state index is 0. The molecule has 0 bridgehead atoms. The molecule has 0 aromatic heterocycles. The zero-order valence-corrected chi connectivity index (χ0v) is 11.9. The highest BCUT2D eigenvalue weighted by Crippen LogP contribution is 2.24. The van der Waals surface area contributed by atoms with Gasteiger partial charge in [0.05, 0.1) is 5.69 Å². The summed E-state index contributed by atoms with van der Waals surface area (Å²) >= 11 is 0. The van der Waals surface area contributed by atoms with Crippen molar-refractivity contribution in [2.24, 2.45) is 16.5 Å². The van der Waals surface area contributed by atoms with Crippen LogP contribution in [-0.4, -0.2) is 5.96 Å². The van der Waals surface area contributed by atoms with E-state index >= 15 is 0 Å². The molecular formula is C13H14IN3O. The van der Waals surface area contributed by atoms with Gasteiger partial charge in [-0.3, -0.25) is 0 Å². The Labute approximate surface area is 123 Å². The smallest absolute Gasteiger partial charge is 0.191 e. The molecule has 0 radical (unpaired) electrons. The normalized spacial score (nSPS) is 9.11. The highest BCUT2D eigenvalue weighted by atomic mass is 127. The van der Waals surface area contributed by atoms with Gasteiger partial charge in [-0.1, -0.05) is 24.3 Å². The second-order valence-electron chi connectivity index (χ2n) is 3.45. The highest BCUT2D eigenvalue weighted by Gasteiger charge is 1.97. The van der Waals surface area contributed by atoms with Gasteiger partial charge >= 0.3 is 0 Å². The molecule has 0 unspecified atom stereocenters. The van der Waals surface area contributed by atoms with Crippen molar-refractivity contribution in [3.63, 3.8) is 0 Å². The fourth-order valence-corrected chi connectivity index (χ4v) is 1.39. The molecule has 4 nitrogen and oxygen atoms in total. The lowest BCUT2D eigenvalue weighted by molar-refractivity contribution is 0.483. The van der Waals surface area contributed by atoms with Crippen LogP contribution in [0.3, 0.4) is 0 Å². The molecule has 18 heavy (non-hydrogen) atoms. The zero-order chi connectivity index (χ0) is 12.1. The second-order valence-corrected chi connectivity index (χ2v) is 3.45. The van der Waals surface area contributed by atoms with Crippen LogP contribution in [0, 0.1) is 0 Å². The van der Waals surface area contributed by atoms with Crippen molar-refractivity contribution in [2.75, 3.05) is 0 Å². The summed E-state index contributed by atoms with van der Waals surface area (Å²) in [4.78, 5) is 3.95. The molecule has 94 valence electrons. The van der Waals surface area contributed by atoms with Gasteiger partial charge < -0.3 is 16.2 Å². The van der Waals surface area contributed by atoms with Crippen molar-refractivity contribution in [1.29, 1.82) is 0 Å². The number of ether oxygens (including phenoxy) is 1. The van der Waals surface area contributed by atoms with E-state index in [-0.39, 0.29) is 29.9 Å². The summed E-state index contributed by atoms with van der Waals surface area (Å²) in [5.41, 5.74) is 11.3. The van der Waals surface area contributed by atoms with Gasteiger partial charge in [-0.05, 0) is 24.3 Å². The topological polar surface area (TPSA) is 73.6 Å². The number of rotatable bonds is 3. The highest BCUT2D eigenvalue weighted by molar-refractivity contribution is 14.0. The number of guanidine groups is 1. The summed E-state index contributed by atoms with van der Waals surface area (Å²) in [6.07, 6.45) is 0. The maximum absolute atomic E-state index is 5.65. The molecule has 0 atom stereocenters. The molecule has 2 aromatic rings. The van der Waals surface area contributed by atoms with Gasteiger partial charge in [0.15, 0.2) is 5.96 Å². The Hall–Kier alpha value is -1.76. The van der Waals surface area contributed by atoms with E-state index < -0.39 is 0 Å². The molecule has 2 aromatic carbocycles. The van der Waals surface area contributed by atoms with E-state index in [0.29, 0.717) is 11.4 Å². The SMILES string of the molecule is I.NC(N)=Nc1cccc(Oc2ccccc2)c1. The molecule has 0 fully saturated rings. The largest absolute Gasteiger partial charge is 0.457 e. The maximum atomic E-state index is 5.65. The van der Waals surface area contributed by atoms with Crippen molar-refractivity contribution in [2.45, 2.75) is 0 Å². The lowest BCUT2D eigenvalue weighted by Crippen LogP contribution is -2.21. The molecular weight excluding hydrogens is 341 g/mol. The first-order valence-corrected chi connectivity index (χ1v) is 5.16. The molecule has 0 heterocycles. The Morgan fingerprint density at radius 2 is 1.56 bits per heavy atom. The van der Waals surface area contributed by atoms with E-state index in [9.17, 15) is 0 Å². The van der Waals surface area contributed by atoms with Gasteiger partial charge in [0.2, 0.25) is 0 Å². The lowest BCUT2D eigenvalue weighted by atomic mass is 10.3. The van der Waals surface area contributed by atoms with Gasteiger partial charge in [-0.2, -0.15) is 0 Å². The van der Waals surface area contributed by atoms with Crippen LogP contribution in [0.2, 0.25) is 0 Å². The van der Waals surface area contributed by atoms with Crippen LogP contribution in [-0.2, 0) is 0 Å². The van der Waals surface area contributed by atoms with Crippen molar-refractivity contribution >= 4 is 35.6 Å². The van der Waals surface area contributed by atoms with Crippen LogP contribution in [0.4, 0.5) is 5.69 Å². The molecule has 0 aliphatic heterocycles. The third kappa shape index (κ3) is 4.25. The Kier molecular flexibility index (Phi) is 5.44. The number of para-hydroxylation sites is 1. The third-order valence-corrected chi connectivity index (χ3v) is 2.05. The Morgan fingerprint density at radius 1 is 0.889 bits per heavy atom. The number of aliphatic imine (C=N–C) groups is 1. The molecule has 0 amide bonds. The first-order chi connectivity index (χ1) is 8.24. The summed E-state index contributed by atoms with van der Waals surface area (Å²) in [6, 6.07) is 16.8. The summed E-state index contributed by atoms with van der Waals surface area (Å²) in [7, 11) is 0. The zero-order valence-electron chi connectivity index (χ0n) is 9.61. The lowest BCUT2D eigenvalue weighted by Gasteiger charge is -2.05. The van der Waals surface area contributed by atoms with Crippen LogP contribution >= 0.6 is 24.0 Å². The van der Waals surface area contributed by atoms with E-state index in [4.69, 9.17) is 16.2 Å². The molecule has 0 spiro atoms. The summed E-state index contributed by atoms with van der Waals surface area (Å²) < 4.78 is 5.65. The van der Waals surface area contributed by atoms with E-state index in [1.807, 2.05) is 42.5 Å². The minimum atomic E-state index is 0. The maximum Gasteiger partial charge on any atom is 0.191 e. The standard InChI is InChI=1S/C13H13N3O.HI/c14-13(15)16-10-5-4-8-12(9-10)17-11-6-2-1-3-7-11;/h1-9H,(H4,14,15,16);1H. The van der Waals surface area contributed by atoms with Crippen LogP contribution in [0.15, 0.2) is 59.6 Å². The predicted octanol–water partition coefficient (Wildman–Crippen LogP) is 3.00. The van der Waals surface area contributed by atoms with E-state index in [1.165, 1.54) is 0 Å². The van der Waals surface area contributed by atoms with Crippen LogP contribution in [0.25, 0.3) is 0 Å². The fraction of sp³-hybridized carbons (Fsp3) is 0. The first-order valence-electron chi connectivity index (χ1n) is 5.16. The summed E-state index contributed by atoms with van der Waals surface area (Å²) in [5.74, 6) is 1.50. The van der Waals surface area contributed by atoms with Crippen molar-refractivity contribution in [3.8, 4) is 11.5 Å². The molecule has 0 aliphatic rings. The van der Waals surface area contributed by atoms with Crippen molar-refractivity contribution in [1.82, 2.24) is 0 Å². The Bertz CT molecular complexity index is 525. The monoisotopic (exact) mass is 355 g/mol. The van der Waals surface area contributed by atoms with Gasteiger partial charge in [0.1, 0.15) is 11.5 Å². The molecule has 2 rings (SSSR count). The minimum Gasteiger partial charge on any atom is -0.457 e. The number of halogens is 1. The van der Waals surface area contributed by atoms with Crippen LogP contribution < -0.4 is 16.2 Å². The van der Waals surface area contributed by atoms with Crippen molar-refractivity contribution in [3.05, 3.63) is 54.6 Å². The second kappa shape index (κ2) is 6.85. The number of benzene rings is 2. The number of nitrogens with two attached hydrogens (primary N) is 2. The van der Waals surface area contributed by atoms with Gasteiger partial charge in [-0.15, -0.1) is 24.0 Å². The van der Waals surface area contributed by atoms with E-state index in [0.717, 1.165) is 5.75 Å². The Balaban J connectivity index is 0.00000162. The average Bonchev–Trinajstić information content (AvgIpc) is 2.30. The number of hydrogen-bond donors (Lipinski definition) is 2. The number of hydrogen-bond acceptors (Lipinski definition) is 2. The molecule has 0 aliphatic carbocycles. The first kappa shape index (κ1) is 14.3. The summed E-state index contributed by atoms with van der Waals surface area (Å²) in [5, 5.41) is 0. The third-order valence-electron chi connectivity index (χ3n) is 2.05. The van der Waals surface area contributed by atoms with Gasteiger partial charge in [0, 0.05) is 6.07 Å². The molecule has 4 N–H and O–H groups in total. The van der Waals surface area contributed by atoms with Gasteiger partial charge in [0.25, 0.3) is 0 Å².